The van der Waals surface area contributed by atoms with Gasteiger partial charge in [0.2, 0.25) is 0 Å². The molecule has 2 atom stereocenters. The standard InChI is InChI=1S/C18H43NO6Si2/c1-9-22-26(20-7,23-10-2)15-17(5)13-19-14-18(6)16-27(21-8,24-11-3)25-12-4/h17-19H,9-16H2,1-8H3. The molecule has 0 aromatic carbocycles. The van der Waals surface area contributed by atoms with Crippen LogP contribution in [0.1, 0.15) is 41.5 Å². The summed E-state index contributed by atoms with van der Waals surface area (Å²) in [5.41, 5.74) is 0. The van der Waals surface area contributed by atoms with Gasteiger partial charge in [-0.3, -0.25) is 0 Å². The minimum atomic E-state index is -2.57. The van der Waals surface area contributed by atoms with Crippen molar-refractivity contribution < 1.29 is 26.6 Å². The van der Waals surface area contributed by atoms with Crippen molar-refractivity contribution in [1.82, 2.24) is 5.32 Å². The zero-order valence-corrected chi connectivity index (χ0v) is 20.8. The smallest absolute Gasteiger partial charge is 0.377 e. The monoisotopic (exact) mass is 425 g/mol. The molecule has 0 amide bonds. The van der Waals surface area contributed by atoms with Crippen molar-refractivity contribution in [2.45, 2.75) is 53.6 Å². The summed E-state index contributed by atoms with van der Waals surface area (Å²) in [7, 11) is -1.76. The van der Waals surface area contributed by atoms with E-state index >= 15 is 0 Å². The molecule has 0 bridgehead atoms. The van der Waals surface area contributed by atoms with E-state index in [4.69, 9.17) is 26.6 Å². The normalized spacial score (nSPS) is 15.1. The Balaban J connectivity index is 4.50. The maximum atomic E-state index is 5.87. The Hall–Kier alpha value is 0.154. The first kappa shape index (κ1) is 27.2. The largest absolute Gasteiger partial charge is 0.500 e. The van der Waals surface area contributed by atoms with E-state index in [-0.39, 0.29) is 0 Å². The number of hydrogen-bond acceptors (Lipinski definition) is 7. The van der Waals surface area contributed by atoms with Crippen LogP contribution in [0.2, 0.25) is 12.1 Å². The minimum absolute atomic E-state index is 0.394. The van der Waals surface area contributed by atoms with Crippen LogP contribution >= 0.6 is 0 Å². The second-order valence-corrected chi connectivity index (χ2v) is 12.3. The van der Waals surface area contributed by atoms with E-state index in [0.717, 1.165) is 25.2 Å². The van der Waals surface area contributed by atoms with Crippen LogP contribution in [0.3, 0.4) is 0 Å². The maximum Gasteiger partial charge on any atom is 0.500 e. The van der Waals surface area contributed by atoms with Crippen molar-refractivity contribution in [3.8, 4) is 0 Å². The highest BCUT2D eigenvalue weighted by Crippen LogP contribution is 2.22. The Morgan fingerprint density at radius 2 is 0.926 bits per heavy atom. The van der Waals surface area contributed by atoms with Crippen LogP contribution in [-0.2, 0) is 26.6 Å². The van der Waals surface area contributed by atoms with Crippen molar-refractivity contribution in [3.63, 3.8) is 0 Å². The predicted octanol–water partition coefficient (Wildman–Crippen LogP) is 3.16. The van der Waals surface area contributed by atoms with E-state index in [2.05, 4.69) is 19.2 Å². The van der Waals surface area contributed by atoms with E-state index in [1.165, 1.54) is 0 Å². The highest BCUT2D eigenvalue weighted by molar-refractivity contribution is 6.61. The molecule has 27 heavy (non-hydrogen) atoms. The Morgan fingerprint density at radius 1 is 0.630 bits per heavy atom. The van der Waals surface area contributed by atoms with Crippen molar-refractivity contribution in [3.05, 3.63) is 0 Å². The molecule has 0 aromatic rings. The third-order valence-electron chi connectivity index (χ3n) is 4.26. The molecule has 0 radical (unpaired) electrons. The third-order valence-corrected chi connectivity index (χ3v) is 10.8. The van der Waals surface area contributed by atoms with Crippen LogP contribution in [0.25, 0.3) is 0 Å². The average Bonchev–Trinajstić information content (AvgIpc) is 2.62. The van der Waals surface area contributed by atoms with Gasteiger partial charge in [0.15, 0.2) is 0 Å². The van der Waals surface area contributed by atoms with Gasteiger partial charge in [0.25, 0.3) is 0 Å². The zero-order chi connectivity index (χ0) is 20.8. The minimum Gasteiger partial charge on any atom is -0.377 e. The molecule has 0 spiro atoms. The topological polar surface area (TPSA) is 67.4 Å². The Bertz CT molecular complexity index is 321. The van der Waals surface area contributed by atoms with Gasteiger partial charge in [0.1, 0.15) is 0 Å². The second-order valence-electron chi connectivity index (χ2n) is 6.78. The summed E-state index contributed by atoms with van der Waals surface area (Å²) in [5.74, 6) is 0.787. The maximum absolute atomic E-state index is 5.87. The van der Waals surface area contributed by atoms with Gasteiger partial charge in [0, 0.05) is 52.7 Å². The van der Waals surface area contributed by atoms with E-state index in [9.17, 15) is 0 Å². The fraction of sp³-hybridized carbons (Fsp3) is 1.00. The molecule has 0 saturated heterocycles. The van der Waals surface area contributed by atoms with Crippen molar-refractivity contribution in [2.24, 2.45) is 11.8 Å². The summed E-state index contributed by atoms with van der Waals surface area (Å²) < 4.78 is 34.8. The zero-order valence-electron chi connectivity index (χ0n) is 18.8. The molecule has 164 valence electrons. The van der Waals surface area contributed by atoms with Crippen LogP contribution in [0.4, 0.5) is 0 Å². The van der Waals surface area contributed by atoms with Gasteiger partial charge in [-0.05, 0) is 52.6 Å². The van der Waals surface area contributed by atoms with E-state index in [1.54, 1.807) is 14.2 Å². The molecule has 0 aromatic heterocycles. The molecule has 7 nitrogen and oxygen atoms in total. The van der Waals surface area contributed by atoms with Crippen LogP contribution in [-0.4, -0.2) is 71.3 Å². The van der Waals surface area contributed by atoms with E-state index < -0.39 is 17.6 Å². The summed E-state index contributed by atoms with van der Waals surface area (Å²) in [4.78, 5) is 0. The molecular weight excluding hydrogens is 382 g/mol. The van der Waals surface area contributed by atoms with E-state index in [0.29, 0.717) is 38.3 Å². The van der Waals surface area contributed by atoms with Gasteiger partial charge >= 0.3 is 17.6 Å². The van der Waals surface area contributed by atoms with Crippen LogP contribution in [0.15, 0.2) is 0 Å². The fourth-order valence-corrected chi connectivity index (χ4v) is 8.37. The van der Waals surface area contributed by atoms with Crippen molar-refractivity contribution in [2.75, 3.05) is 53.7 Å². The first-order valence-corrected chi connectivity index (χ1v) is 14.1. The molecule has 0 aliphatic heterocycles. The first-order chi connectivity index (χ1) is 12.9. The van der Waals surface area contributed by atoms with E-state index in [1.807, 2.05) is 27.7 Å². The summed E-state index contributed by atoms with van der Waals surface area (Å²) in [6, 6.07) is 1.61. The van der Waals surface area contributed by atoms with Crippen LogP contribution in [0, 0.1) is 11.8 Å². The summed E-state index contributed by atoms with van der Waals surface area (Å²) in [5, 5.41) is 3.56. The molecule has 9 heteroatoms. The summed E-state index contributed by atoms with van der Waals surface area (Å²) in [6.45, 7) is 16.5. The first-order valence-electron chi connectivity index (χ1n) is 10.2. The lowest BCUT2D eigenvalue weighted by atomic mass is 10.2. The van der Waals surface area contributed by atoms with Gasteiger partial charge in [-0.2, -0.15) is 0 Å². The number of nitrogens with one attached hydrogen (secondary N) is 1. The molecule has 2 unspecified atom stereocenters. The second kappa shape index (κ2) is 15.1. The molecular formula is C18H43NO6Si2. The highest BCUT2D eigenvalue weighted by atomic mass is 28.4. The summed E-state index contributed by atoms with van der Waals surface area (Å²) in [6.07, 6.45) is 0. The Morgan fingerprint density at radius 3 is 1.15 bits per heavy atom. The van der Waals surface area contributed by atoms with Gasteiger partial charge in [0.05, 0.1) is 0 Å². The van der Waals surface area contributed by atoms with Gasteiger partial charge in [-0.25, -0.2) is 0 Å². The lowest BCUT2D eigenvalue weighted by Crippen LogP contribution is -2.48. The molecule has 0 aliphatic rings. The number of rotatable bonds is 18. The predicted molar refractivity (Wildman–Crippen MR) is 113 cm³/mol. The third kappa shape index (κ3) is 10.5. The average molecular weight is 426 g/mol. The SMILES string of the molecule is CCO[Si](CC(C)CNCC(C)C[Si](OC)(OCC)OCC)(OC)OCC. The molecule has 0 heterocycles. The lowest BCUT2D eigenvalue weighted by Gasteiger charge is -2.31. The van der Waals surface area contributed by atoms with Crippen molar-refractivity contribution >= 4 is 17.6 Å². The molecule has 0 aliphatic carbocycles. The molecule has 0 fully saturated rings. The van der Waals surface area contributed by atoms with Gasteiger partial charge < -0.3 is 31.9 Å². The lowest BCUT2D eigenvalue weighted by molar-refractivity contribution is 0.0823. The fourth-order valence-electron chi connectivity index (χ4n) is 3.18. The van der Waals surface area contributed by atoms with Gasteiger partial charge in [-0.1, -0.05) is 13.8 Å². The van der Waals surface area contributed by atoms with Crippen LogP contribution in [0.5, 0.6) is 0 Å². The molecule has 1 N–H and O–H groups in total. The molecule has 0 saturated carbocycles. The number of hydrogen-bond donors (Lipinski definition) is 1. The highest BCUT2D eigenvalue weighted by Gasteiger charge is 2.42. The quantitative estimate of drug-likeness (QED) is 0.338. The summed E-state index contributed by atoms with van der Waals surface area (Å²) >= 11 is 0. The molecule has 0 rings (SSSR count). The Labute approximate surface area is 169 Å². The van der Waals surface area contributed by atoms with Gasteiger partial charge in [-0.15, -0.1) is 0 Å². The Kier molecular flexibility index (Phi) is 15.1. The van der Waals surface area contributed by atoms with Crippen molar-refractivity contribution in [1.29, 1.82) is 0 Å². The van der Waals surface area contributed by atoms with Crippen LogP contribution < -0.4 is 5.32 Å².